The lowest BCUT2D eigenvalue weighted by Crippen LogP contribution is -2.07. The average Bonchev–Trinajstić information content (AvgIpc) is 4.02. The maximum Gasteiger partial charge on any atom is 0.238 e. The third-order valence-corrected chi connectivity index (χ3v) is 13.6. The van der Waals surface area contributed by atoms with Gasteiger partial charge < -0.3 is 4.57 Å². The Hall–Kier alpha value is -8.19. The van der Waals surface area contributed by atoms with Gasteiger partial charge in [-0.1, -0.05) is 182 Å². The Morgan fingerprint density at radius 1 is 0.317 bits per heavy atom. The number of hydrogen-bond acceptors (Lipinski definition) is 4. The minimum atomic E-state index is 0.564. The largest absolute Gasteiger partial charge is 0.307 e. The van der Waals surface area contributed by atoms with Crippen molar-refractivity contribution in [2.45, 2.75) is 0 Å². The summed E-state index contributed by atoms with van der Waals surface area (Å²) in [6, 6.07) is 75.6. The predicted molar refractivity (Wildman–Crippen MR) is 263 cm³/mol. The van der Waals surface area contributed by atoms with E-state index in [1.165, 1.54) is 36.9 Å². The van der Waals surface area contributed by atoms with Crippen molar-refractivity contribution >= 4 is 75.1 Å². The molecule has 0 saturated carbocycles. The molecule has 0 amide bonds. The zero-order valence-electron chi connectivity index (χ0n) is 33.9. The molecule has 0 spiro atoms. The zero-order valence-corrected chi connectivity index (χ0v) is 34.7. The van der Waals surface area contributed by atoms with E-state index < -0.39 is 0 Å². The lowest BCUT2D eigenvalue weighted by atomic mass is 9.93. The number of para-hydroxylation sites is 3. The molecule has 0 aliphatic rings. The molecule has 0 aliphatic heterocycles. The number of hydrogen-bond donors (Lipinski definition) is 0. The fourth-order valence-electron chi connectivity index (χ4n) is 9.70. The molecular weight excluding hydrogens is 787 g/mol. The SMILES string of the molecule is c1ccc(-c2nc(-c3cccc4sc5ccccc5c34)nc(-n3c4ccccc4c4ccc5c6ccccc6n(-c6ccccc6-c6ccccc6-c6ccccc6)c5c43)n2)cc1. The van der Waals surface area contributed by atoms with Crippen LogP contribution in [0.1, 0.15) is 0 Å². The third kappa shape index (κ3) is 5.52. The minimum absolute atomic E-state index is 0.564. The van der Waals surface area contributed by atoms with Crippen LogP contribution in [0.4, 0.5) is 0 Å². The van der Waals surface area contributed by atoms with Gasteiger partial charge in [-0.15, -0.1) is 11.3 Å². The molecule has 4 aromatic heterocycles. The van der Waals surface area contributed by atoms with Gasteiger partial charge in [0.25, 0.3) is 0 Å². The summed E-state index contributed by atoms with van der Waals surface area (Å²) in [5.41, 5.74) is 11.9. The maximum atomic E-state index is 5.52. The van der Waals surface area contributed by atoms with E-state index in [9.17, 15) is 0 Å². The molecule has 0 aliphatic carbocycles. The number of fused-ring (bicyclic) bond motifs is 10. The summed E-state index contributed by atoms with van der Waals surface area (Å²) in [6.07, 6.45) is 0. The topological polar surface area (TPSA) is 48.5 Å². The monoisotopic (exact) mass is 821 g/mol. The van der Waals surface area contributed by atoms with E-state index in [0.29, 0.717) is 17.6 Å². The van der Waals surface area contributed by atoms with Crippen molar-refractivity contribution in [3.05, 3.63) is 212 Å². The predicted octanol–water partition coefficient (Wildman–Crippen LogP) is 15.1. The maximum absolute atomic E-state index is 5.52. The third-order valence-electron chi connectivity index (χ3n) is 12.4. The standard InChI is InChI=1S/C57H35N5S/c1-3-18-36(19-4-1)38-22-7-8-23-39(38)40-24-9-13-29-47(40)61-48-30-14-10-25-41(48)43-34-35-44-42-26-11-15-31-49(42)62(54(44)53(43)61)57-59-55(37-20-5-2-6-21-37)58-56(60-57)46-28-17-33-51-52(46)45-27-12-16-32-50(45)63-51/h1-35H. The molecule has 4 heterocycles. The van der Waals surface area contributed by atoms with Crippen LogP contribution in [-0.4, -0.2) is 24.1 Å². The summed E-state index contributed by atoms with van der Waals surface area (Å²) in [4.78, 5) is 16.2. The molecule has 0 unspecified atom stereocenters. The van der Waals surface area contributed by atoms with Crippen LogP contribution >= 0.6 is 11.3 Å². The zero-order chi connectivity index (χ0) is 41.4. The molecule has 294 valence electrons. The minimum Gasteiger partial charge on any atom is -0.307 e. The van der Waals surface area contributed by atoms with Crippen molar-refractivity contribution in [3.8, 4) is 56.7 Å². The van der Waals surface area contributed by atoms with Crippen LogP contribution in [0, 0.1) is 0 Å². The molecule has 0 N–H and O–H groups in total. The van der Waals surface area contributed by atoms with Crippen LogP contribution in [0.2, 0.25) is 0 Å². The quantitative estimate of drug-likeness (QED) is 0.168. The van der Waals surface area contributed by atoms with E-state index in [2.05, 4.69) is 203 Å². The summed E-state index contributed by atoms with van der Waals surface area (Å²) in [5.74, 6) is 1.82. The molecule has 0 saturated heterocycles. The Morgan fingerprint density at radius 2 is 0.841 bits per heavy atom. The highest BCUT2D eigenvalue weighted by Crippen LogP contribution is 2.45. The first-order valence-corrected chi connectivity index (χ1v) is 22.0. The smallest absolute Gasteiger partial charge is 0.238 e. The Kier molecular flexibility index (Phi) is 8.01. The van der Waals surface area contributed by atoms with Gasteiger partial charge in [0, 0.05) is 58.4 Å². The van der Waals surface area contributed by atoms with Crippen LogP contribution in [0.5, 0.6) is 0 Å². The van der Waals surface area contributed by atoms with Crippen molar-refractivity contribution in [2.75, 3.05) is 0 Å². The second kappa shape index (κ2) is 14.2. The van der Waals surface area contributed by atoms with Gasteiger partial charge in [0.2, 0.25) is 5.95 Å². The van der Waals surface area contributed by atoms with Gasteiger partial charge >= 0.3 is 0 Å². The normalized spacial score (nSPS) is 11.8. The Balaban J connectivity index is 1.16. The molecule has 13 rings (SSSR count). The molecule has 63 heavy (non-hydrogen) atoms. The van der Waals surface area contributed by atoms with Gasteiger partial charge in [0.15, 0.2) is 11.6 Å². The van der Waals surface area contributed by atoms with Crippen molar-refractivity contribution < 1.29 is 0 Å². The molecule has 0 bridgehead atoms. The van der Waals surface area contributed by atoms with E-state index in [1.54, 1.807) is 11.3 Å². The van der Waals surface area contributed by atoms with Crippen LogP contribution in [0.25, 0.3) is 120 Å². The van der Waals surface area contributed by atoms with Crippen molar-refractivity contribution in [3.63, 3.8) is 0 Å². The second-order valence-corrected chi connectivity index (χ2v) is 17.0. The van der Waals surface area contributed by atoms with Gasteiger partial charge in [0.05, 0.1) is 27.8 Å². The molecule has 6 heteroatoms. The highest BCUT2D eigenvalue weighted by Gasteiger charge is 2.25. The molecule has 9 aromatic carbocycles. The van der Waals surface area contributed by atoms with Gasteiger partial charge in [-0.3, -0.25) is 4.57 Å². The Bertz CT molecular complexity index is 3920. The van der Waals surface area contributed by atoms with E-state index in [4.69, 9.17) is 15.0 Å². The highest BCUT2D eigenvalue weighted by atomic mass is 32.1. The first kappa shape index (κ1) is 35.6. The van der Waals surface area contributed by atoms with Crippen molar-refractivity contribution in [2.24, 2.45) is 0 Å². The number of rotatable bonds is 6. The summed E-state index contributed by atoms with van der Waals surface area (Å²) < 4.78 is 7.19. The molecule has 0 radical (unpaired) electrons. The van der Waals surface area contributed by atoms with Crippen LogP contribution in [-0.2, 0) is 0 Å². The van der Waals surface area contributed by atoms with Crippen molar-refractivity contribution in [1.82, 2.24) is 24.1 Å². The van der Waals surface area contributed by atoms with Gasteiger partial charge in [-0.05, 0) is 47.0 Å². The van der Waals surface area contributed by atoms with E-state index in [1.807, 2.05) is 18.2 Å². The van der Waals surface area contributed by atoms with Gasteiger partial charge in [-0.2, -0.15) is 9.97 Å². The number of thiophene rings is 1. The molecule has 0 fully saturated rings. The fraction of sp³-hybridized carbons (Fsp3) is 0. The molecule has 5 nitrogen and oxygen atoms in total. The first-order chi connectivity index (χ1) is 31.3. The average molecular weight is 822 g/mol. The molecule has 0 atom stereocenters. The van der Waals surface area contributed by atoms with E-state index >= 15 is 0 Å². The fourth-order valence-corrected chi connectivity index (χ4v) is 10.8. The van der Waals surface area contributed by atoms with E-state index in [0.717, 1.165) is 66.0 Å². The number of benzene rings is 9. The van der Waals surface area contributed by atoms with Crippen LogP contribution < -0.4 is 0 Å². The Morgan fingerprint density at radius 3 is 1.59 bits per heavy atom. The summed E-state index contributed by atoms with van der Waals surface area (Å²) in [7, 11) is 0. The van der Waals surface area contributed by atoms with Gasteiger partial charge in [-0.25, -0.2) is 4.98 Å². The first-order valence-electron chi connectivity index (χ1n) is 21.2. The lowest BCUT2D eigenvalue weighted by molar-refractivity contribution is 0.954. The van der Waals surface area contributed by atoms with Gasteiger partial charge in [0.1, 0.15) is 0 Å². The summed E-state index contributed by atoms with van der Waals surface area (Å²) >= 11 is 1.80. The van der Waals surface area contributed by atoms with Crippen molar-refractivity contribution in [1.29, 1.82) is 0 Å². The molecule has 13 aromatic rings. The number of aromatic nitrogens is 5. The second-order valence-electron chi connectivity index (χ2n) is 15.9. The lowest BCUT2D eigenvalue weighted by Gasteiger charge is -2.18. The summed E-state index contributed by atoms with van der Waals surface area (Å²) in [6.45, 7) is 0. The molecular formula is C57H35N5S. The summed E-state index contributed by atoms with van der Waals surface area (Å²) in [5, 5.41) is 6.94. The number of nitrogens with zero attached hydrogens (tertiary/aromatic N) is 5. The van der Waals surface area contributed by atoms with Crippen LogP contribution in [0.15, 0.2) is 212 Å². The Labute approximate surface area is 366 Å². The van der Waals surface area contributed by atoms with E-state index in [-0.39, 0.29) is 0 Å². The van der Waals surface area contributed by atoms with Crippen LogP contribution in [0.3, 0.4) is 0 Å². The highest BCUT2D eigenvalue weighted by molar-refractivity contribution is 7.25.